The van der Waals surface area contributed by atoms with Gasteiger partial charge in [0.05, 0.1) is 30.0 Å². The molecule has 2 aliphatic heterocycles. The number of aliphatic imine (C=N–C) groups is 1. The number of nitrogens with zero attached hydrogens (tertiary/aromatic N) is 3. The minimum Gasteiger partial charge on any atom is -0.370 e. The van der Waals surface area contributed by atoms with Crippen LogP contribution in [0.1, 0.15) is 12.1 Å². The van der Waals surface area contributed by atoms with Gasteiger partial charge in [0, 0.05) is 30.8 Å². The number of carbonyl (C=O) groups is 1. The summed E-state index contributed by atoms with van der Waals surface area (Å²) in [4.78, 5) is 21.9. The number of ether oxygens (including phenoxy) is 1. The number of fused-ring (bicyclic) bond motifs is 1. The number of thiophene rings is 1. The highest BCUT2D eigenvalue weighted by molar-refractivity contribution is 8.15. The van der Waals surface area contributed by atoms with Gasteiger partial charge in [-0.15, -0.1) is 11.3 Å². The summed E-state index contributed by atoms with van der Waals surface area (Å²) in [5.41, 5.74) is 2.24. The summed E-state index contributed by atoms with van der Waals surface area (Å²) >= 11 is 2.91. The van der Waals surface area contributed by atoms with Crippen molar-refractivity contribution in [2.45, 2.75) is 15.9 Å². The van der Waals surface area contributed by atoms with Crippen molar-refractivity contribution in [2.75, 3.05) is 44.2 Å². The third-order valence-corrected chi connectivity index (χ3v) is 10.3. The molecule has 0 bridgehead atoms. The minimum atomic E-state index is -3.63. The van der Waals surface area contributed by atoms with E-state index in [0.29, 0.717) is 41.4 Å². The van der Waals surface area contributed by atoms with Crippen LogP contribution in [0.2, 0.25) is 0 Å². The third kappa shape index (κ3) is 4.42. The van der Waals surface area contributed by atoms with Gasteiger partial charge in [-0.2, -0.15) is 0 Å². The second-order valence-corrected chi connectivity index (χ2v) is 12.4. The van der Waals surface area contributed by atoms with Gasteiger partial charge < -0.3 is 14.6 Å². The lowest BCUT2D eigenvalue weighted by molar-refractivity contribution is -0.142. The van der Waals surface area contributed by atoms with Crippen LogP contribution in [0.5, 0.6) is 0 Å². The van der Waals surface area contributed by atoms with Gasteiger partial charge in [-0.1, -0.05) is 30.0 Å². The number of hydrogen-bond acceptors (Lipinski definition) is 7. The Morgan fingerprint density at radius 2 is 2.18 bits per heavy atom. The highest BCUT2D eigenvalue weighted by atomic mass is 32.2. The molecule has 33 heavy (non-hydrogen) atoms. The molecule has 1 atom stereocenters. The molecule has 0 aliphatic carbocycles. The predicted molar refractivity (Wildman–Crippen MR) is 133 cm³/mol. The van der Waals surface area contributed by atoms with Crippen molar-refractivity contribution < 1.29 is 17.9 Å². The highest BCUT2D eigenvalue weighted by Gasteiger charge is 2.27. The number of amides is 1. The van der Waals surface area contributed by atoms with Crippen LogP contribution in [0.4, 0.5) is 5.69 Å². The topological polar surface area (TPSA) is 95.1 Å². The first-order valence-corrected chi connectivity index (χ1v) is 13.8. The van der Waals surface area contributed by atoms with Crippen LogP contribution in [0.15, 0.2) is 51.0 Å². The van der Waals surface area contributed by atoms with Gasteiger partial charge >= 0.3 is 0 Å². The van der Waals surface area contributed by atoms with E-state index in [2.05, 4.69) is 4.98 Å². The molecule has 1 amide bonds. The van der Waals surface area contributed by atoms with Crippen molar-refractivity contribution in [1.82, 2.24) is 9.88 Å². The fraction of sp³-hybridized carbons (Fsp3) is 0.364. The summed E-state index contributed by atoms with van der Waals surface area (Å²) in [6.45, 7) is 2.84. The van der Waals surface area contributed by atoms with Crippen LogP contribution < -0.4 is 4.31 Å². The monoisotopic (exact) mass is 504 g/mol. The number of H-pyrrole nitrogens is 1. The number of rotatable bonds is 7. The van der Waals surface area contributed by atoms with E-state index in [-0.39, 0.29) is 12.5 Å². The van der Waals surface area contributed by atoms with Crippen molar-refractivity contribution in [1.29, 1.82) is 0 Å². The first-order chi connectivity index (χ1) is 15.9. The molecule has 1 N–H and O–H groups in total. The van der Waals surface area contributed by atoms with E-state index in [1.165, 1.54) is 15.6 Å². The lowest BCUT2D eigenvalue weighted by Gasteiger charge is -2.27. The van der Waals surface area contributed by atoms with E-state index in [0.717, 1.165) is 28.1 Å². The molecule has 0 radical (unpaired) electrons. The van der Waals surface area contributed by atoms with Gasteiger partial charge in [0.1, 0.15) is 15.9 Å². The molecule has 5 rings (SSSR count). The molecule has 4 heterocycles. The molecule has 0 saturated carbocycles. The number of hydrogen-bond donors (Lipinski definition) is 1. The lowest BCUT2D eigenvalue weighted by Crippen LogP contribution is -2.42. The molecule has 3 aromatic rings. The normalized spacial score (nSPS) is 19.3. The summed E-state index contributed by atoms with van der Waals surface area (Å²) < 4.78 is 32.9. The molecule has 1 saturated heterocycles. The number of benzene rings is 1. The molecule has 1 aromatic carbocycles. The van der Waals surface area contributed by atoms with E-state index in [1.54, 1.807) is 42.4 Å². The predicted octanol–water partition coefficient (Wildman–Crippen LogP) is 3.17. The highest BCUT2D eigenvalue weighted by Crippen LogP contribution is 2.34. The number of thioether (sulfide) groups is 1. The quantitative estimate of drug-likeness (QED) is 0.533. The van der Waals surface area contributed by atoms with Crippen molar-refractivity contribution in [3.8, 4) is 0 Å². The van der Waals surface area contributed by atoms with E-state index in [4.69, 9.17) is 9.73 Å². The maximum Gasteiger partial charge on any atom is 0.273 e. The number of nitrogens with one attached hydrogen (secondary N) is 1. The number of sulfonamides is 1. The molecule has 1 fully saturated rings. The average Bonchev–Trinajstić information content (AvgIpc) is 3.58. The first kappa shape index (κ1) is 22.5. The van der Waals surface area contributed by atoms with Gasteiger partial charge in [0.2, 0.25) is 5.91 Å². The van der Waals surface area contributed by atoms with Crippen molar-refractivity contribution in [3.05, 3.63) is 47.5 Å². The van der Waals surface area contributed by atoms with Crippen molar-refractivity contribution in [2.24, 2.45) is 4.99 Å². The Kier molecular flexibility index (Phi) is 6.21. The summed E-state index contributed by atoms with van der Waals surface area (Å²) in [6.07, 6.45) is 0.872. The largest absolute Gasteiger partial charge is 0.370 e. The maximum atomic E-state index is 13.0. The minimum absolute atomic E-state index is 0.0511. The Morgan fingerprint density at radius 1 is 1.30 bits per heavy atom. The second-order valence-electron chi connectivity index (χ2n) is 7.94. The molecule has 1 unspecified atom stereocenters. The standard InChI is InChI=1S/C22H24N4O4S3/c1-25(33(28,29)20-6-3-11-31-20)18-5-2-4-15-12-17(24-21(15)18)22-23-13-16(32-22)7-8-26-9-10-30-14-19(26)27/h2-6,11-12,16,24H,7-10,13-14H2,1H3. The van der Waals surface area contributed by atoms with Gasteiger partial charge in [-0.25, -0.2) is 8.42 Å². The number of aromatic nitrogens is 1. The van der Waals surface area contributed by atoms with E-state index in [1.807, 2.05) is 23.1 Å². The number of para-hydroxylation sites is 1. The Bertz CT molecular complexity index is 1300. The zero-order chi connectivity index (χ0) is 23.0. The summed E-state index contributed by atoms with van der Waals surface area (Å²) in [7, 11) is -2.05. The SMILES string of the molecule is CN(c1cccc2cc(C3=NCC(CCN4CCOCC4=O)S3)[nH]c12)S(=O)(=O)c1cccs1. The zero-order valence-electron chi connectivity index (χ0n) is 18.1. The van der Waals surface area contributed by atoms with Crippen LogP contribution in [0, 0.1) is 0 Å². The summed E-state index contributed by atoms with van der Waals surface area (Å²) in [6, 6.07) is 11.0. The Hall–Kier alpha value is -2.34. The lowest BCUT2D eigenvalue weighted by atomic mass is 10.2. The number of carbonyl (C=O) groups excluding carboxylic acids is 1. The number of aromatic amines is 1. The van der Waals surface area contributed by atoms with Crippen molar-refractivity contribution in [3.63, 3.8) is 0 Å². The zero-order valence-corrected chi connectivity index (χ0v) is 20.5. The van der Waals surface area contributed by atoms with Gasteiger partial charge in [0.15, 0.2) is 0 Å². The molecule has 174 valence electrons. The van der Waals surface area contributed by atoms with E-state index in [9.17, 15) is 13.2 Å². The molecule has 2 aliphatic rings. The summed E-state index contributed by atoms with van der Waals surface area (Å²) in [5.74, 6) is 0.0511. The van der Waals surface area contributed by atoms with Crippen LogP contribution in [0.25, 0.3) is 10.9 Å². The Balaban J connectivity index is 1.32. The second kappa shape index (κ2) is 9.13. The first-order valence-electron chi connectivity index (χ1n) is 10.6. The van der Waals surface area contributed by atoms with Crippen molar-refractivity contribution >= 4 is 60.7 Å². The molecule has 8 nitrogen and oxygen atoms in total. The Labute approximate surface area is 200 Å². The fourth-order valence-corrected chi connectivity index (χ4v) is 7.44. The van der Waals surface area contributed by atoms with Crippen LogP contribution in [-0.2, 0) is 19.6 Å². The van der Waals surface area contributed by atoms with Crippen LogP contribution in [-0.4, -0.2) is 74.4 Å². The van der Waals surface area contributed by atoms with Gasteiger partial charge in [-0.05, 0) is 30.0 Å². The van der Waals surface area contributed by atoms with Crippen LogP contribution >= 0.6 is 23.1 Å². The Morgan fingerprint density at radius 3 is 2.97 bits per heavy atom. The number of anilines is 1. The molecular formula is C22H24N4O4S3. The molecule has 11 heteroatoms. The smallest absolute Gasteiger partial charge is 0.273 e. The van der Waals surface area contributed by atoms with E-state index < -0.39 is 10.0 Å². The summed E-state index contributed by atoms with van der Waals surface area (Å²) in [5, 5.41) is 3.92. The van der Waals surface area contributed by atoms with Crippen LogP contribution in [0.3, 0.4) is 0 Å². The van der Waals surface area contributed by atoms with Gasteiger partial charge in [0.25, 0.3) is 10.0 Å². The van der Waals surface area contributed by atoms with Gasteiger partial charge in [-0.3, -0.25) is 14.1 Å². The average molecular weight is 505 g/mol. The third-order valence-electron chi connectivity index (χ3n) is 5.84. The molecule has 0 spiro atoms. The molecular weight excluding hydrogens is 480 g/mol. The number of morpholine rings is 1. The fourth-order valence-electron chi connectivity index (χ4n) is 4.00. The van der Waals surface area contributed by atoms with E-state index >= 15 is 0 Å². The molecule has 2 aromatic heterocycles. The maximum absolute atomic E-state index is 13.0.